The Labute approximate surface area is 190 Å². The van der Waals surface area contributed by atoms with Gasteiger partial charge in [-0.25, -0.2) is 18.0 Å². The van der Waals surface area contributed by atoms with E-state index in [2.05, 4.69) is 10.2 Å². The molecule has 2 aromatic carbocycles. The Balaban J connectivity index is 1.67. The molecule has 0 bridgehead atoms. The Morgan fingerprint density at radius 2 is 1.91 bits per heavy atom. The lowest BCUT2D eigenvalue weighted by atomic mass is 9.89. The minimum Gasteiger partial charge on any atom is -0.491 e. The van der Waals surface area contributed by atoms with Gasteiger partial charge in [-0.05, 0) is 62.4 Å². The van der Waals surface area contributed by atoms with Crippen molar-refractivity contribution in [2.45, 2.75) is 57.3 Å². The highest BCUT2D eigenvalue weighted by Crippen LogP contribution is 2.51. The third kappa shape index (κ3) is 4.59. The van der Waals surface area contributed by atoms with Crippen LogP contribution in [0.5, 0.6) is 5.75 Å². The Kier molecular flexibility index (Phi) is 6.69. The molecule has 0 spiro atoms. The van der Waals surface area contributed by atoms with Gasteiger partial charge in [0.2, 0.25) is 0 Å². The van der Waals surface area contributed by atoms with Crippen LogP contribution < -0.4 is 20.7 Å². The summed E-state index contributed by atoms with van der Waals surface area (Å²) in [6.45, 7) is 2.62. The van der Waals surface area contributed by atoms with Crippen LogP contribution in [0.4, 0.5) is 29.3 Å². The predicted octanol–water partition coefficient (Wildman–Crippen LogP) is 5.38. The molecule has 3 N–H and O–H groups in total. The fourth-order valence-electron chi connectivity index (χ4n) is 4.45. The summed E-state index contributed by atoms with van der Waals surface area (Å²) in [7, 11) is 0. The molecule has 2 aromatic rings. The zero-order chi connectivity index (χ0) is 23.7. The van der Waals surface area contributed by atoms with Crippen LogP contribution in [-0.2, 0) is 4.74 Å². The van der Waals surface area contributed by atoms with Crippen molar-refractivity contribution in [2.24, 2.45) is 5.73 Å². The molecular weight excluding hydrogens is 435 g/mol. The highest BCUT2D eigenvalue weighted by molar-refractivity contribution is 5.85. The molecule has 0 saturated heterocycles. The standard InChI is InChI=1S/C24H28F3N3O3/c1-13(2)33-24(31)29-22-18(26)10-14(11-19(22)27)23-21(28)17-7-6-16(32-9-8-25)12-20(17)30(23)15-4-3-5-15/h6-7,10-13,15,21,23H,3-5,8-9,28H2,1-2H3,(H,29,31). The van der Waals surface area contributed by atoms with Gasteiger partial charge in [0, 0.05) is 17.8 Å². The molecule has 1 amide bonds. The molecule has 1 saturated carbocycles. The van der Waals surface area contributed by atoms with E-state index >= 15 is 0 Å². The SMILES string of the molecule is CC(C)OC(=O)Nc1c(F)cc(C2C(N)c3ccc(OCCF)cc3N2C2CCC2)cc1F. The van der Waals surface area contributed by atoms with Gasteiger partial charge in [0.1, 0.15) is 36.4 Å². The maximum atomic E-state index is 14.9. The van der Waals surface area contributed by atoms with Crippen LogP contribution in [0.1, 0.15) is 56.3 Å². The van der Waals surface area contributed by atoms with Crippen molar-refractivity contribution in [3.05, 3.63) is 53.1 Å². The minimum atomic E-state index is -0.933. The largest absolute Gasteiger partial charge is 0.491 e. The lowest BCUT2D eigenvalue weighted by Gasteiger charge is -2.41. The zero-order valence-corrected chi connectivity index (χ0v) is 18.6. The van der Waals surface area contributed by atoms with Gasteiger partial charge < -0.3 is 20.1 Å². The van der Waals surface area contributed by atoms with Gasteiger partial charge in [0.25, 0.3) is 0 Å². The second-order valence-corrected chi connectivity index (χ2v) is 8.66. The van der Waals surface area contributed by atoms with E-state index in [1.807, 2.05) is 12.1 Å². The van der Waals surface area contributed by atoms with Crippen LogP contribution in [0.25, 0.3) is 0 Å². The van der Waals surface area contributed by atoms with Gasteiger partial charge in [-0.3, -0.25) is 5.32 Å². The molecule has 1 aliphatic heterocycles. The summed E-state index contributed by atoms with van der Waals surface area (Å²) >= 11 is 0. The van der Waals surface area contributed by atoms with Crippen molar-refractivity contribution in [1.82, 2.24) is 0 Å². The van der Waals surface area contributed by atoms with Crippen molar-refractivity contribution in [1.29, 1.82) is 0 Å². The number of amides is 1. The molecule has 2 atom stereocenters. The average Bonchev–Trinajstić information content (AvgIpc) is 2.99. The van der Waals surface area contributed by atoms with E-state index in [1.54, 1.807) is 19.9 Å². The van der Waals surface area contributed by atoms with Gasteiger partial charge >= 0.3 is 6.09 Å². The van der Waals surface area contributed by atoms with E-state index in [0.717, 1.165) is 30.5 Å². The third-order valence-electron chi connectivity index (χ3n) is 6.07. The predicted molar refractivity (Wildman–Crippen MR) is 119 cm³/mol. The number of fused-ring (bicyclic) bond motifs is 1. The van der Waals surface area contributed by atoms with Crippen molar-refractivity contribution in [3.8, 4) is 5.75 Å². The van der Waals surface area contributed by atoms with Crippen molar-refractivity contribution in [2.75, 3.05) is 23.5 Å². The summed E-state index contributed by atoms with van der Waals surface area (Å²) in [5.41, 5.74) is 8.05. The number of benzene rings is 2. The molecular formula is C24H28F3N3O3. The molecule has 1 fully saturated rings. The van der Waals surface area contributed by atoms with Crippen molar-refractivity contribution in [3.63, 3.8) is 0 Å². The molecule has 4 rings (SSSR count). The fraction of sp³-hybridized carbons (Fsp3) is 0.458. The molecule has 6 nitrogen and oxygen atoms in total. The number of halogens is 3. The second kappa shape index (κ2) is 9.51. The van der Waals surface area contributed by atoms with Crippen LogP contribution in [0.3, 0.4) is 0 Å². The maximum absolute atomic E-state index is 14.9. The molecule has 33 heavy (non-hydrogen) atoms. The molecule has 2 aliphatic rings. The lowest BCUT2D eigenvalue weighted by Crippen LogP contribution is -2.42. The van der Waals surface area contributed by atoms with E-state index in [1.165, 1.54) is 12.1 Å². The van der Waals surface area contributed by atoms with Gasteiger partial charge in [0.15, 0.2) is 0 Å². The number of anilines is 2. The summed E-state index contributed by atoms with van der Waals surface area (Å²) in [5.74, 6) is -1.30. The fourth-order valence-corrected chi connectivity index (χ4v) is 4.45. The number of hydrogen-bond acceptors (Lipinski definition) is 5. The topological polar surface area (TPSA) is 76.8 Å². The Bertz CT molecular complexity index is 1010. The Morgan fingerprint density at radius 3 is 2.48 bits per heavy atom. The average molecular weight is 464 g/mol. The monoisotopic (exact) mass is 463 g/mol. The minimum absolute atomic E-state index is 0.0537. The van der Waals surface area contributed by atoms with Crippen LogP contribution >= 0.6 is 0 Å². The first-order chi connectivity index (χ1) is 15.8. The van der Waals surface area contributed by atoms with Crippen LogP contribution in [-0.4, -0.2) is 31.5 Å². The molecule has 9 heteroatoms. The highest BCUT2D eigenvalue weighted by atomic mass is 19.1. The number of rotatable bonds is 7. The van der Waals surface area contributed by atoms with E-state index in [4.69, 9.17) is 15.2 Å². The van der Waals surface area contributed by atoms with Gasteiger partial charge in [-0.15, -0.1) is 0 Å². The summed E-state index contributed by atoms with van der Waals surface area (Å²) in [6.07, 6.45) is 1.56. The van der Waals surface area contributed by atoms with Crippen LogP contribution in [0.2, 0.25) is 0 Å². The van der Waals surface area contributed by atoms with E-state index in [9.17, 15) is 18.0 Å². The van der Waals surface area contributed by atoms with E-state index < -0.39 is 48.3 Å². The van der Waals surface area contributed by atoms with E-state index in [-0.39, 0.29) is 12.6 Å². The molecule has 0 aromatic heterocycles. The zero-order valence-electron chi connectivity index (χ0n) is 18.6. The highest BCUT2D eigenvalue weighted by Gasteiger charge is 2.43. The molecule has 0 radical (unpaired) electrons. The second-order valence-electron chi connectivity index (χ2n) is 8.66. The molecule has 178 valence electrons. The summed E-state index contributed by atoms with van der Waals surface area (Å²) in [5, 5.41) is 2.14. The normalized spacial score (nSPS) is 19.9. The molecule has 1 heterocycles. The first-order valence-corrected chi connectivity index (χ1v) is 11.1. The number of nitrogens with two attached hydrogens (primary N) is 1. The van der Waals surface area contributed by atoms with Gasteiger partial charge in [-0.2, -0.15) is 0 Å². The van der Waals surface area contributed by atoms with E-state index in [0.29, 0.717) is 11.3 Å². The maximum Gasteiger partial charge on any atom is 0.412 e. The summed E-state index contributed by atoms with van der Waals surface area (Å²) in [6, 6.07) is 6.92. The third-order valence-corrected chi connectivity index (χ3v) is 6.07. The number of nitrogens with zero attached hydrogens (tertiary/aromatic N) is 1. The number of nitrogens with one attached hydrogen (secondary N) is 1. The Morgan fingerprint density at radius 1 is 1.21 bits per heavy atom. The molecule has 2 unspecified atom stereocenters. The number of hydrogen-bond donors (Lipinski definition) is 2. The van der Waals surface area contributed by atoms with Gasteiger partial charge in [-0.1, -0.05) is 6.07 Å². The lowest BCUT2D eigenvalue weighted by molar-refractivity contribution is 0.129. The Hall–Kier alpha value is -2.94. The van der Waals surface area contributed by atoms with Crippen LogP contribution in [0, 0.1) is 11.6 Å². The quantitative estimate of drug-likeness (QED) is 0.576. The molecule has 1 aliphatic carbocycles. The summed E-state index contributed by atoms with van der Waals surface area (Å²) in [4.78, 5) is 13.9. The number of ether oxygens (including phenoxy) is 2. The number of carbonyl (C=O) groups excluding carboxylic acids is 1. The van der Waals surface area contributed by atoms with Crippen molar-refractivity contribution >= 4 is 17.5 Å². The van der Waals surface area contributed by atoms with Gasteiger partial charge in [0.05, 0.1) is 18.2 Å². The van der Waals surface area contributed by atoms with Crippen molar-refractivity contribution < 1.29 is 27.4 Å². The first kappa shape index (κ1) is 23.2. The van der Waals surface area contributed by atoms with Crippen LogP contribution in [0.15, 0.2) is 30.3 Å². The first-order valence-electron chi connectivity index (χ1n) is 11.1. The summed E-state index contributed by atoms with van der Waals surface area (Å²) < 4.78 is 52.8. The number of carbonyl (C=O) groups is 1. The smallest absolute Gasteiger partial charge is 0.412 e. The number of alkyl halides is 1.